The zero-order chi connectivity index (χ0) is 11.1. The van der Waals surface area contributed by atoms with Crippen LogP contribution >= 0.6 is 11.5 Å². The van der Waals surface area contributed by atoms with E-state index in [0.29, 0.717) is 0 Å². The highest BCUT2D eigenvalue weighted by atomic mass is 32.1. The fourth-order valence-corrected chi connectivity index (χ4v) is 2.19. The minimum absolute atomic E-state index is 0.889. The third-order valence-electron chi connectivity index (χ3n) is 2.64. The maximum Gasteiger partial charge on any atom is 0.0666 e. The molecule has 1 fully saturated rings. The summed E-state index contributed by atoms with van der Waals surface area (Å²) in [6, 6.07) is 0. The van der Waals surface area contributed by atoms with Gasteiger partial charge in [-0.15, -0.1) is 5.10 Å². The summed E-state index contributed by atoms with van der Waals surface area (Å²) in [6.45, 7) is 7.05. The minimum atomic E-state index is 0.889. The summed E-state index contributed by atoms with van der Waals surface area (Å²) in [5.41, 5.74) is 0. The molecular weight excluding hydrogens is 224 g/mol. The highest BCUT2D eigenvalue weighted by molar-refractivity contribution is 7.05. The molecule has 0 spiro atoms. The number of nitrogens with one attached hydrogen (secondary N) is 1. The first kappa shape index (κ1) is 11.9. The van der Waals surface area contributed by atoms with E-state index >= 15 is 0 Å². The van der Waals surface area contributed by atoms with E-state index in [4.69, 9.17) is 4.74 Å². The second-order valence-corrected chi connectivity index (χ2v) is 4.74. The van der Waals surface area contributed by atoms with Crippen LogP contribution in [0.3, 0.4) is 0 Å². The third kappa shape index (κ3) is 4.13. The van der Waals surface area contributed by atoms with E-state index in [2.05, 4.69) is 19.8 Å². The van der Waals surface area contributed by atoms with Crippen LogP contribution in [0.2, 0.25) is 0 Å². The lowest BCUT2D eigenvalue weighted by molar-refractivity contribution is 0.0374. The van der Waals surface area contributed by atoms with Gasteiger partial charge in [-0.25, -0.2) is 0 Å². The Morgan fingerprint density at radius 2 is 2.31 bits per heavy atom. The quantitative estimate of drug-likeness (QED) is 0.730. The Labute approximate surface area is 100.0 Å². The Hall–Kier alpha value is -0.560. The zero-order valence-electron chi connectivity index (χ0n) is 9.39. The van der Waals surface area contributed by atoms with Crippen LogP contribution < -0.4 is 5.32 Å². The Morgan fingerprint density at radius 3 is 3.06 bits per heavy atom. The van der Waals surface area contributed by atoms with Crippen molar-refractivity contribution in [1.29, 1.82) is 0 Å². The van der Waals surface area contributed by atoms with Gasteiger partial charge in [-0.1, -0.05) is 4.49 Å². The number of hydrogen-bond acceptors (Lipinski definition) is 6. The molecule has 1 aromatic rings. The summed E-state index contributed by atoms with van der Waals surface area (Å²) in [7, 11) is 0. The number of aromatic nitrogens is 2. The number of hydrogen-bond donors (Lipinski definition) is 1. The third-order valence-corrected chi connectivity index (χ3v) is 3.30. The van der Waals surface area contributed by atoms with E-state index < -0.39 is 0 Å². The van der Waals surface area contributed by atoms with Gasteiger partial charge in [0.1, 0.15) is 0 Å². The molecule has 1 saturated heterocycles. The first-order valence-corrected chi connectivity index (χ1v) is 6.49. The van der Waals surface area contributed by atoms with Gasteiger partial charge in [-0.2, -0.15) is 0 Å². The van der Waals surface area contributed by atoms with Crippen molar-refractivity contribution in [3.63, 3.8) is 0 Å². The van der Waals surface area contributed by atoms with E-state index in [0.717, 1.165) is 45.9 Å². The monoisotopic (exact) mass is 242 g/mol. The molecule has 0 amide bonds. The fourth-order valence-electron chi connectivity index (χ4n) is 1.73. The number of nitrogens with zero attached hydrogens (tertiary/aromatic N) is 3. The molecule has 0 aliphatic carbocycles. The van der Waals surface area contributed by atoms with Crippen molar-refractivity contribution < 1.29 is 4.74 Å². The molecule has 2 rings (SSSR count). The molecule has 0 aromatic carbocycles. The molecule has 0 atom stereocenters. The molecule has 1 aromatic heterocycles. The molecule has 1 aliphatic rings. The van der Waals surface area contributed by atoms with Gasteiger partial charge in [-0.05, 0) is 31.0 Å². The fraction of sp³-hybridized carbons (Fsp3) is 0.800. The summed E-state index contributed by atoms with van der Waals surface area (Å²) >= 11 is 1.46. The normalized spacial score (nSPS) is 17.8. The van der Waals surface area contributed by atoms with Crippen molar-refractivity contribution in [2.45, 2.75) is 13.0 Å². The molecule has 16 heavy (non-hydrogen) atoms. The van der Waals surface area contributed by atoms with Crippen LogP contribution in [0.5, 0.6) is 0 Å². The lowest BCUT2D eigenvalue weighted by Crippen LogP contribution is -2.37. The van der Waals surface area contributed by atoms with E-state index in [9.17, 15) is 0 Å². The minimum Gasteiger partial charge on any atom is -0.379 e. The van der Waals surface area contributed by atoms with Gasteiger partial charge >= 0.3 is 0 Å². The maximum absolute atomic E-state index is 5.31. The molecule has 1 aliphatic heterocycles. The zero-order valence-corrected chi connectivity index (χ0v) is 10.2. The summed E-state index contributed by atoms with van der Waals surface area (Å²) in [4.78, 5) is 3.66. The Kier molecular flexibility index (Phi) is 5.14. The highest BCUT2D eigenvalue weighted by Crippen LogP contribution is 2.01. The average molecular weight is 242 g/mol. The van der Waals surface area contributed by atoms with Crippen molar-refractivity contribution in [3.05, 3.63) is 11.1 Å². The van der Waals surface area contributed by atoms with E-state index in [1.165, 1.54) is 22.8 Å². The first-order chi connectivity index (χ1) is 7.95. The Bertz CT molecular complexity index is 274. The second-order valence-electron chi connectivity index (χ2n) is 3.87. The molecular formula is C10H18N4OS. The lowest BCUT2D eigenvalue weighted by Gasteiger charge is -2.26. The summed E-state index contributed by atoms with van der Waals surface area (Å²) < 4.78 is 9.13. The van der Waals surface area contributed by atoms with Gasteiger partial charge in [0.2, 0.25) is 0 Å². The van der Waals surface area contributed by atoms with Crippen molar-refractivity contribution in [2.24, 2.45) is 0 Å². The van der Waals surface area contributed by atoms with Gasteiger partial charge in [-0.3, -0.25) is 4.90 Å². The molecule has 6 heteroatoms. The van der Waals surface area contributed by atoms with E-state index in [1.807, 2.05) is 6.20 Å². The molecule has 1 N–H and O–H groups in total. The number of ether oxygens (including phenoxy) is 1. The van der Waals surface area contributed by atoms with Crippen LogP contribution in [0.1, 0.15) is 11.3 Å². The van der Waals surface area contributed by atoms with Crippen LogP contribution in [0.15, 0.2) is 6.20 Å². The largest absolute Gasteiger partial charge is 0.379 e. The molecule has 0 unspecified atom stereocenters. The van der Waals surface area contributed by atoms with Crippen LogP contribution in [0, 0.1) is 0 Å². The van der Waals surface area contributed by atoms with Crippen LogP contribution in [0.4, 0.5) is 0 Å². The average Bonchev–Trinajstić information content (AvgIpc) is 2.83. The van der Waals surface area contributed by atoms with Gasteiger partial charge in [0.25, 0.3) is 0 Å². The maximum atomic E-state index is 5.31. The van der Waals surface area contributed by atoms with Crippen LogP contribution in [0.25, 0.3) is 0 Å². The van der Waals surface area contributed by atoms with Crippen LogP contribution in [-0.2, 0) is 11.3 Å². The molecule has 5 nitrogen and oxygen atoms in total. The molecule has 0 bridgehead atoms. The highest BCUT2D eigenvalue weighted by Gasteiger charge is 2.08. The SMILES string of the molecule is c1nnsc1CNCCCN1CCOCC1. The van der Waals surface area contributed by atoms with Gasteiger partial charge in [0.15, 0.2) is 0 Å². The van der Waals surface area contributed by atoms with Crippen molar-refractivity contribution >= 4 is 11.5 Å². The van der Waals surface area contributed by atoms with Gasteiger partial charge < -0.3 is 10.1 Å². The number of rotatable bonds is 6. The topological polar surface area (TPSA) is 50.3 Å². The predicted molar refractivity (Wildman–Crippen MR) is 63.5 cm³/mol. The van der Waals surface area contributed by atoms with Gasteiger partial charge in [0.05, 0.1) is 24.3 Å². The predicted octanol–water partition coefficient (Wildman–Crippen LogP) is 0.350. The lowest BCUT2D eigenvalue weighted by atomic mass is 10.3. The smallest absolute Gasteiger partial charge is 0.0666 e. The summed E-state index contributed by atoms with van der Waals surface area (Å²) in [6.07, 6.45) is 3.01. The van der Waals surface area contributed by atoms with E-state index in [1.54, 1.807) is 0 Å². The first-order valence-electron chi connectivity index (χ1n) is 5.72. The molecule has 2 heterocycles. The van der Waals surface area contributed by atoms with Crippen molar-refractivity contribution in [2.75, 3.05) is 39.4 Å². The Balaban J connectivity index is 1.48. The molecule has 0 saturated carbocycles. The van der Waals surface area contributed by atoms with E-state index in [-0.39, 0.29) is 0 Å². The van der Waals surface area contributed by atoms with Crippen molar-refractivity contribution in [3.8, 4) is 0 Å². The van der Waals surface area contributed by atoms with Crippen molar-refractivity contribution in [1.82, 2.24) is 19.8 Å². The van der Waals surface area contributed by atoms with Crippen LogP contribution in [-0.4, -0.2) is 53.9 Å². The second kappa shape index (κ2) is 6.90. The Morgan fingerprint density at radius 1 is 1.44 bits per heavy atom. The summed E-state index contributed by atoms with van der Waals surface area (Å²) in [5, 5.41) is 7.20. The standard InChI is InChI=1S/C10H18N4OS/c1(3-14-4-6-15-7-5-14)2-11-8-10-9-12-13-16-10/h9,11H,1-8H2. The molecule has 0 radical (unpaired) electrons. The summed E-state index contributed by atoms with van der Waals surface area (Å²) in [5.74, 6) is 0. The molecule has 90 valence electrons. The number of morpholine rings is 1. The van der Waals surface area contributed by atoms with Gasteiger partial charge in [0, 0.05) is 19.6 Å².